The first-order chi connectivity index (χ1) is 10.7. The topological polar surface area (TPSA) is 59.0 Å². The minimum Gasteiger partial charge on any atom is -0.359 e. The van der Waals surface area contributed by atoms with Gasteiger partial charge in [0.15, 0.2) is 5.13 Å². The number of aromatic nitrogens is 2. The summed E-state index contributed by atoms with van der Waals surface area (Å²) in [6.45, 7) is 0. The number of amides is 1. The van der Waals surface area contributed by atoms with Crippen LogP contribution in [0, 0.1) is 0 Å². The Balaban J connectivity index is 1.56. The minimum atomic E-state index is -0.170. The molecule has 1 aromatic carbocycles. The quantitative estimate of drug-likeness (QED) is 0.775. The second-order valence-corrected chi connectivity index (χ2v) is 6.43. The second-order valence-electron chi connectivity index (χ2n) is 5.58. The van der Waals surface area contributed by atoms with Crippen molar-refractivity contribution in [2.24, 2.45) is 7.05 Å². The third-order valence-electron chi connectivity index (χ3n) is 3.82. The molecule has 4 rings (SSSR count). The number of anilines is 2. The van der Waals surface area contributed by atoms with Crippen LogP contribution < -0.4 is 10.6 Å². The van der Waals surface area contributed by atoms with Crippen LogP contribution in [0.5, 0.6) is 0 Å². The number of rotatable bonds is 4. The van der Waals surface area contributed by atoms with Gasteiger partial charge in [-0.25, -0.2) is 4.98 Å². The molecule has 1 aliphatic rings. The summed E-state index contributed by atoms with van der Waals surface area (Å²) in [7, 11) is 1.99. The van der Waals surface area contributed by atoms with Crippen molar-refractivity contribution in [1.82, 2.24) is 9.55 Å². The molecule has 0 unspecified atom stereocenters. The predicted molar refractivity (Wildman–Crippen MR) is 89.6 cm³/mol. The fourth-order valence-electron chi connectivity index (χ4n) is 2.44. The van der Waals surface area contributed by atoms with Crippen LogP contribution in [0.25, 0.3) is 10.9 Å². The summed E-state index contributed by atoms with van der Waals surface area (Å²) in [5.41, 5.74) is 2.36. The van der Waals surface area contributed by atoms with E-state index in [1.54, 1.807) is 5.38 Å². The largest absolute Gasteiger partial charge is 0.359 e. The third-order valence-corrected chi connectivity index (χ3v) is 4.59. The Labute approximate surface area is 132 Å². The molecule has 2 aromatic heterocycles. The molecule has 0 saturated heterocycles. The van der Waals surface area contributed by atoms with Crippen molar-refractivity contribution in [3.05, 3.63) is 41.5 Å². The van der Waals surface area contributed by atoms with Crippen molar-refractivity contribution in [2.75, 3.05) is 10.6 Å². The van der Waals surface area contributed by atoms with Crippen molar-refractivity contribution >= 4 is 39.0 Å². The van der Waals surface area contributed by atoms with Crippen molar-refractivity contribution in [3.63, 3.8) is 0 Å². The van der Waals surface area contributed by atoms with E-state index in [9.17, 15) is 4.79 Å². The van der Waals surface area contributed by atoms with Crippen molar-refractivity contribution in [1.29, 1.82) is 0 Å². The van der Waals surface area contributed by atoms with Crippen LogP contribution in [0.15, 0.2) is 35.8 Å². The summed E-state index contributed by atoms with van der Waals surface area (Å²) in [6.07, 6.45) is 4.37. The molecule has 0 aliphatic heterocycles. The Morgan fingerprint density at radius 1 is 1.36 bits per heavy atom. The lowest BCUT2D eigenvalue weighted by atomic mass is 10.2. The van der Waals surface area contributed by atoms with E-state index in [0.29, 0.717) is 11.7 Å². The van der Waals surface area contributed by atoms with Gasteiger partial charge in [-0.1, -0.05) is 6.07 Å². The van der Waals surface area contributed by atoms with Crippen molar-refractivity contribution < 1.29 is 4.79 Å². The second kappa shape index (κ2) is 5.14. The lowest BCUT2D eigenvalue weighted by Crippen LogP contribution is -2.12. The van der Waals surface area contributed by atoms with Gasteiger partial charge in [-0.05, 0) is 31.0 Å². The van der Waals surface area contributed by atoms with Gasteiger partial charge < -0.3 is 15.2 Å². The van der Waals surface area contributed by atoms with Gasteiger partial charge in [0.25, 0.3) is 5.91 Å². The summed E-state index contributed by atoms with van der Waals surface area (Å²) in [6, 6.07) is 8.44. The van der Waals surface area contributed by atoms with Crippen LogP contribution in [0.4, 0.5) is 10.8 Å². The number of nitrogens with one attached hydrogen (secondary N) is 2. The van der Waals surface area contributed by atoms with E-state index in [2.05, 4.69) is 15.6 Å². The Morgan fingerprint density at radius 3 is 3.05 bits per heavy atom. The molecule has 2 heterocycles. The molecule has 0 radical (unpaired) electrons. The summed E-state index contributed by atoms with van der Waals surface area (Å²) >= 11 is 1.48. The number of carbonyl (C=O) groups is 1. The zero-order chi connectivity index (χ0) is 15.1. The number of thiazole rings is 1. The van der Waals surface area contributed by atoms with Crippen molar-refractivity contribution in [2.45, 2.75) is 18.9 Å². The maximum absolute atomic E-state index is 12.4. The van der Waals surface area contributed by atoms with E-state index >= 15 is 0 Å². The van der Waals surface area contributed by atoms with Gasteiger partial charge in [-0.3, -0.25) is 4.79 Å². The molecule has 6 heteroatoms. The highest BCUT2D eigenvalue weighted by atomic mass is 32.1. The van der Waals surface area contributed by atoms with Crippen LogP contribution in [-0.2, 0) is 7.05 Å². The average Bonchev–Trinajstić information content (AvgIpc) is 3.05. The molecule has 5 nitrogen and oxygen atoms in total. The highest BCUT2D eigenvalue weighted by molar-refractivity contribution is 7.13. The van der Waals surface area contributed by atoms with Crippen LogP contribution in [0.2, 0.25) is 0 Å². The molecule has 1 fully saturated rings. The molecule has 2 N–H and O–H groups in total. The maximum atomic E-state index is 12.4. The van der Waals surface area contributed by atoms with Crippen LogP contribution >= 0.6 is 11.3 Å². The summed E-state index contributed by atoms with van der Waals surface area (Å²) in [5, 5.41) is 9.93. The van der Waals surface area contributed by atoms with E-state index in [1.807, 2.05) is 42.1 Å². The predicted octanol–water partition coefficient (Wildman–Crippen LogP) is 3.46. The van der Waals surface area contributed by atoms with Crippen LogP contribution in [-0.4, -0.2) is 21.5 Å². The Bertz CT molecular complexity index is 847. The van der Waals surface area contributed by atoms with Gasteiger partial charge in [0.05, 0.1) is 5.69 Å². The third kappa shape index (κ3) is 2.46. The fourth-order valence-corrected chi connectivity index (χ4v) is 3.21. The fraction of sp³-hybridized carbons (Fsp3) is 0.250. The smallest absolute Gasteiger partial charge is 0.275 e. The maximum Gasteiger partial charge on any atom is 0.275 e. The number of hydrogen-bond donors (Lipinski definition) is 2. The molecule has 112 valence electrons. The standard InChI is InChI=1S/C16H16N4OS/c1-20-8-7-11-12(3-2-4-14(11)20)18-15(21)13-9-22-16(19-13)17-10-5-6-10/h2-4,7-10H,5-6H2,1H3,(H,17,19)(H,18,21). The molecule has 0 atom stereocenters. The molecular formula is C16H16N4OS. The number of carbonyl (C=O) groups excluding carboxylic acids is 1. The number of benzene rings is 1. The molecule has 1 saturated carbocycles. The normalized spacial score (nSPS) is 14.2. The zero-order valence-corrected chi connectivity index (χ0v) is 13.0. The Morgan fingerprint density at radius 2 is 2.23 bits per heavy atom. The monoisotopic (exact) mass is 312 g/mol. The van der Waals surface area contributed by atoms with E-state index in [1.165, 1.54) is 24.2 Å². The Kier molecular flexibility index (Phi) is 3.11. The summed E-state index contributed by atoms with van der Waals surface area (Å²) in [4.78, 5) is 16.7. The van der Waals surface area contributed by atoms with E-state index in [-0.39, 0.29) is 5.91 Å². The SMILES string of the molecule is Cn1ccc2c(NC(=O)c3csc(NC4CC4)n3)cccc21. The van der Waals surface area contributed by atoms with Gasteiger partial charge in [-0.15, -0.1) is 11.3 Å². The van der Waals surface area contributed by atoms with Gasteiger partial charge in [-0.2, -0.15) is 0 Å². The summed E-state index contributed by atoms with van der Waals surface area (Å²) in [5.74, 6) is -0.170. The van der Waals surface area contributed by atoms with Crippen LogP contribution in [0.1, 0.15) is 23.3 Å². The lowest BCUT2D eigenvalue weighted by molar-refractivity contribution is 0.102. The summed E-state index contributed by atoms with van der Waals surface area (Å²) < 4.78 is 2.03. The first kappa shape index (κ1) is 13.3. The number of fused-ring (bicyclic) bond motifs is 1. The molecule has 0 bridgehead atoms. The van der Waals surface area contributed by atoms with Crippen LogP contribution in [0.3, 0.4) is 0 Å². The van der Waals surface area contributed by atoms with Gasteiger partial charge >= 0.3 is 0 Å². The molecule has 1 amide bonds. The zero-order valence-electron chi connectivity index (χ0n) is 12.2. The molecule has 3 aromatic rings. The lowest BCUT2D eigenvalue weighted by Gasteiger charge is -2.05. The molecular weight excluding hydrogens is 296 g/mol. The first-order valence-corrected chi connectivity index (χ1v) is 8.16. The Hall–Kier alpha value is -2.34. The molecule has 0 spiro atoms. The highest BCUT2D eigenvalue weighted by Crippen LogP contribution is 2.27. The van der Waals surface area contributed by atoms with Gasteiger partial charge in [0.1, 0.15) is 5.69 Å². The number of nitrogens with zero attached hydrogens (tertiary/aromatic N) is 2. The molecule has 22 heavy (non-hydrogen) atoms. The highest BCUT2D eigenvalue weighted by Gasteiger charge is 2.22. The van der Waals surface area contributed by atoms with E-state index < -0.39 is 0 Å². The van der Waals surface area contributed by atoms with Crippen molar-refractivity contribution in [3.8, 4) is 0 Å². The average molecular weight is 312 g/mol. The molecule has 1 aliphatic carbocycles. The van der Waals surface area contributed by atoms with Gasteiger partial charge in [0.2, 0.25) is 0 Å². The van der Waals surface area contributed by atoms with Gasteiger partial charge in [0, 0.05) is 35.6 Å². The minimum absolute atomic E-state index is 0.170. The first-order valence-electron chi connectivity index (χ1n) is 7.28. The van der Waals surface area contributed by atoms with E-state index in [4.69, 9.17) is 0 Å². The number of hydrogen-bond acceptors (Lipinski definition) is 4. The van der Waals surface area contributed by atoms with E-state index in [0.717, 1.165) is 21.7 Å². The number of aryl methyl sites for hydroxylation is 1.